The van der Waals surface area contributed by atoms with Gasteiger partial charge < -0.3 is 24.6 Å². The summed E-state index contributed by atoms with van der Waals surface area (Å²) in [7, 11) is -3.91. The summed E-state index contributed by atoms with van der Waals surface area (Å²) < 4.78 is 38.1. The molecule has 0 aromatic heterocycles. The Morgan fingerprint density at radius 3 is 2.26 bits per heavy atom. The monoisotopic (exact) mass is 665 g/mol. The molecule has 0 spiro atoms. The number of halogens is 1. The molecule has 2 N–H and O–H groups in total. The lowest BCUT2D eigenvalue weighted by Gasteiger charge is -2.29. The molecule has 46 heavy (non-hydrogen) atoms. The van der Waals surface area contributed by atoms with Crippen LogP contribution in [-0.2, 0) is 21.0 Å². The topological polar surface area (TPSA) is 130 Å². The van der Waals surface area contributed by atoms with Crippen molar-refractivity contribution in [2.24, 2.45) is 0 Å². The molecule has 242 valence electrons. The number of aliphatic hydroxyl groups excluding tert-OH is 1. The molecule has 4 aromatic rings. The van der Waals surface area contributed by atoms with Gasteiger partial charge in [-0.15, -0.1) is 0 Å². The number of sulfone groups is 1. The Kier molecular flexibility index (Phi) is 11.1. The van der Waals surface area contributed by atoms with Crippen LogP contribution in [0.15, 0.2) is 107 Å². The van der Waals surface area contributed by atoms with Crippen molar-refractivity contribution >= 4 is 33.5 Å². The fourth-order valence-electron chi connectivity index (χ4n) is 4.62. The molecular weight excluding hydrogens is 630 g/mol. The highest BCUT2D eigenvalue weighted by Gasteiger charge is 2.25. The van der Waals surface area contributed by atoms with Gasteiger partial charge in [-0.05, 0) is 99.3 Å². The number of nitrogens with zero attached hydrogens (tertiary/aromatic N) is 1. The van der Waals surface area contributed by atoms with Crippen LogP contribution in [0.2, 0.25) is 5.02 Å². The Balaban J connectivity index is 1.42. The summed E-state index contributed by atoms with van der Waals surface area (Å²) in [6.07, 6.45) is -0.441. The Labute approximate surface area is 273 Å². The van der Waals surface area contributed by atoms with Crippen molar-refractivity contribution in [2.75, 3.05) is 13.1 Å². The van der Waals surface area contributed by atoms with Gasteiger partial charge in [-0.25, -0.2) is 18.0 Å². The first kappa shape index (κ1) is 34.5. The van der Waals surface area contributed by atoms with Gasteiger partial charge >= 0.3 is 12.1 Å². The minimum Gasteiger partial charge on any atom is -0.478 e. The molecule has 9 nitrogen and oxygen atoms in total. The van der Waals surface area contributed by atoms with E-state index in [0.29, 0.717) is 30.0 Å². The third kappa shape index (κ3) is 9.32. The number of ether oxygens (including phenoxy) is 2. The average Bonchev–Trinajstić information content (AvgIpc) is 3.00. The van der Waals surface area contributed by atoms with Crippen LogP contribution in [0.1, 0.15) is 54.8 Å². The summed E-state index contributed by atoms with van der Waals surface area (Å²) >= 11 is 6.07. The Hall–Kier alpha value is -4.38. The molecule has 1 amide bonds. The van der Waals surface area contributed by atoms with Crippen LogP contribution in [0.3, 0.4) is 0 Å². The summed E-state index contributed by atoms with van der Waals surface area (Å²) in [5.74, 6) is -0.883. The quantitative estimate of drug-likeness (QED) is 0.158. The maximum atomic E-state index is 13.4. The van der Waals surface area contributed by atoms with E-state index < -0.39 is 33.6 Å². The van der Waals surface area contributed by atoms with Crippen LogP contribution in [0.5, 0.6) is 11.5 Å². The van der Waals surface area contributed by atoms with Gasteiger partial charge in [-0.2, -0.15) is 0 Å². The molecule has 0 unspecified atom stereocenters. The number of carboxylic acid groups (broad SMARTS) is 1. The number of aryl methyl sites for hydroxylation is 1. The zero-order valence-corrected chi connectivity index (χ0v) is 27.3. The van der Waals surface area contributed by atoms with E-state index in [4.69, 9.17) is 21.1 Å². The first-order valence-corrected chi connectivity index (χ1v) is 16.4. The molecule has 0 heterocycles. The number of carboxylic acids is 1. The third-order valence-corrected chi connectivity index (χ3v) is 8.87. The first-order chi connectivity index (χ1) is 21.7. The summed E-state index contributed by atoms with van der Waals surface area (Å²) in [6, 6.07) is 25.3. The van der Waals surface area contributed by atoms with Crippen molar-refractivity contribution < 1.29 is 37.7 Å². The van der Waals surface area contributed by atoms with Gasteiger partial charge in [0, 0.05) is 11.6 Å². The number of hydrogen-bond acceptors (Lipinski definition) is 7. The SMILES string of the molecule is CC(C)(C)OC(=O)N(CCCc1ccc(S(=O)(=O)c2cccc(Oc3ccccc3C(=O)O)c2)cc1)C[C@@H](O)c1cccc(Cl)c1. The van der Waals surface area contributed by atoms with Crippen LogP contribution in [0.25, 0.3) is 0 Å². The number of carbonyl (C=O) groups excluding carboxylic acids is 1. The van der Waals surface area contributed by atoms with Crippen LogP contribution in [0.4, 0.5) is 4.79 Å². The van der Waals surface area contributed by atoms with Gasteiger partial charge in [0.1, 0.15) is 22.7 Å². The molecule has 0 saturated carbocycles. The van der Waals surface area contributed by atoms with E-state index in [2.05, 4.69) is 0 Å². The van der Waals surface area contributed by atoms with Crippen molar-refractivity contribution in [1.82, 2.24) is 4.90 Å². The standard InChI is InChI=1S/C35H36ClNO8S/c1-35(2,3)45-34(41)37(23-31(38)25-10-6-11-26(36)21-25)20-8-9-24-16-18-28(19-17-24)46(42,43)29-13-7-12-27(22-29)44-32-15-5-4-14-30(32)33(39)40/h4-7,10-19,21-22,31,38H,8-9,20,23H2,1-3H3,(H,39,40)/t31-/m1/s1. The lowest BCUT2D eigenvalue weighted by atomic mass is 10.1. The first-order valence-electron chi connectivity index (χ1n) is 14.6. The van der Waals surface area contributed by atoms with Crippen LogP contribution in [0, 0.1) is 0 Å². The highest BCUT2D eigenvalue weighted by molar-refractivity contribution is 7.91. The summed E-state index contributed by atoms with van der Waals surface area (Å²) in [5, 5.41) is 20.7. The van der Waals surface area contributed by atoms with Crippen LogP contribution < -0.4 is 4.74 Å². The van der Waals surface area contributed by atoms with Gasteiger partial charge in [0.15, 0.2) is 0 Å². The smallest absolute Gasteiger partial charge is 0.410 e. The van der Waals surface area contributed by atoms with Gasteiger partial charge in [-0.3, -0.25) is 0 Å². The molecule has 0 saturated heterocycles. The number of carbonyl (C=O) groups is 2. The zero-order valence-electron chi connectivity index (χ0n) is 25.7. The maximum Gasteiger partial charge on any atom is 0.410 e. The zero-order chi connectivity index (χ0) is 33.5. The lowest BCUT2D eigenvalue weighted by Crippen LogP contribution is -2.40. The predicted molar refractivity (Wildman–Crippen MR) is 174 cm³/mol. The van der Waals surface area contributed by atoms with Crippen molar-refractivity contribution in [3.05, 3.63) is 119 Å². The number of aromatic carboxylic acids is 1. The number of rotatable bonds is 12. The van der Waals surface area contributed by atoms with Crippen molar-refractivity contribution in [3.63, 3.8) is 0 Å². The Morgan fingerprint density at radius 2 is 1.59 bits per heavy atom. The summed E-state index contributed by atoms with van der Waals surface area (Å²) in [4.78, 5) is 26.0. The van der Waals surface area contributed by atoms with E-state index >= 15 is 0 Å². The second-order valence-corrected chi connectivity index (χ2v) is 14.0. The van der Waals surface area contributed by atoms with Crippen LogP contribution in [-0.4, -0.2) is 54.3 Å². The number of para-hydroxylation sites is 1. The number of hydrogen-bond donors (Lipinski definition) is 2. The van der Waals surface area contributed by atoms with E-state index in [0.717, 1.165) is 5.56 Å². The summed E-state index contributed by atoms with van der Waals surface area (Å²) in [6.45, 7) is 5.62. The Bertz CT molecular complexity index is 1790. The van der Waals surface area contributed by atoms with Crippen molar-refractivity contribution in [2.45, 2.75) is 55.1 Å². The second kappa shape index (κ2) is 14.8. The van der Waals surface area contributed by atoms with Gasteiger partial charge in [0.05, 0.1) is 22.4 Å². The minimum atomic E-state index is -3.91. The maximum absolute atomic E-state index is 13.4. The molecule has 11 heteroatoms. The predicted octanol–water partition coefficient (Wildman–Crippen LogP) is 7.57. The fraction of sp³-hybridized carbons (Fsp3) is 0.257. The number of benzene rings is 4. The molecule has 1 atom stereocenters. The molecule has 4 rings (SSSR count). The van der Waals surface area contributed by atoms with E-state index in [1.54, 1.807) is 75.4 Å². The van der Waals surface area contributed by atoms with Gasteiger partial charge in [0.25, 0.3) is 0 Å². The van der Waals surface area contributed by atoms with E-state index in [9.17, 15) is 28.2 Å². The highest BCUT2D eigenvalue weighted by atomic mass is 35.5. The lowest BCUT2D eigenvalue weighted by molar-refractivity contribution is 0.0142. The molecule has 0 aliphatic rings. The van der Waals surface area contributed by atoms with Crippen LogP contribution >= 0.6 is 11.6 Å². The Morgan fingerprint density at radius 1 is 0.891 bits per heavy atom. The highest BCUT2D eigenvalue weighted by Crippen LogP contribution is 2.30. The molecular formula is C35H36ClNO8S. The molecule has 0 radical (unpaired) electrons. The van der Waals surface area contributed by atoms with Crippen molar-refractivity contribution in [3.8, 4) is 11.5 Å². The largest absolute Gasteiger partial charge is 0.478 e. The minimum absolute atomic E-state index is 0.00294. The third-order valence-electron chi connectivity index (χ3n) is 6.87. The normalized spacial score (nSPS) is 12.3. The molecule has 0 fully saturated rings. The molecule has 0 aliphatic heterocycles. The van der Waals surface area contributed by atoms with Gasteiger partial charge in [0.2, 0.25) is 9.84 Å². The molecule has 0 bridgehead atoms. The van der Waals surface area contributed by atoms with E-state index in [-0.39, 0.29) is 33.4 Å². The summed E-state index contributed by atoms with van der Waals surface area (Å²) in [5.41, 5.74) is 0.686. The second-order valence-electron chi connectivity index (χ2n) is 11.6. The fourth-order valence-corrected chi connectivity index (χ4v) is 6.12. The van der Waals surface area contributed by atoms with E-state index in [1.807, 2.05) is 0 Å². The molecule has 4 aromatic carbocycles. The van der Waals surface area contributed by atoms with E-state index in [1.165, 1.54) is 47.4 Å². The number of aliphatic hydroxyl groups is 1. The van der Waals surface area contributed by atoms with Crippen molar-refractivity contribution in [1.29, 1.82) is 0 Å². The van der Waals surface area contributed by atoms with Gasteiger partial charge in [-0.1, -0.05) is 54.1 Å². The number of amides is 1. The molecule has 0 aliphatic carbocycles. The average molecular weight is 666 g/mol.